The second kappa shape index (κ2) is 7.07. The molecule has 3 N–H and O–H groups in total. The number of para-hydroxylation sites is 1. The summed E-state index contributed by atoms with van der Waals surface area (Å²) in [6, 6.07) is 13.6. The Labute approximate surface area is 135 Å². The van der Waals surface area contributed by atoms with Gasteiger partial charge in [-0.3, -0.25) is 0 Å². The molecule has 0 spiro atoms. The molecule has 0 radical (unpaired) electrons. The van der Waals surface area contributed by atoms with Crippen molar-refractivity contribution in [1.82, 2.24) is 5.32 Å². The molecule has 2 rings (SSSR count). The standard InChI is InChI=1S/C15H13IN2O3/c16-12-6-1-2-7-13(12)18-15(21)17-9-10-4-3-5-11(8-10)14(19)20/h1-8H,9H2,(H,19,20)(H2,17,18,21). The van der Waals surface area contributed by atoms with Gasteiger partial charge in [0, 0.05) is 10.1 Å². The van der Waals surface area contributed by atoms with Crippen molar-refractivity contribution in [2.75, 3.05) is 5.32 Å². The van der Waals surface area contributed by atoms with Crippen LogP contribution in [-0.4, -0.2) is 17.1 Å². The van der Waals surface area contributed by atoms with Crippen molar-refractivity contribution in [2.24, 2.45) is 0 Å². The summed E-state index contributed by atoms with van der Waals surface area (Å²) in [4.78, 5) is 22.7. The van der Waals surface area contributed by atoms with Crippen LogP contribution in [0.25, 0.3) is 0 Å². The van der Waals surface area contributed by atoms with Crippen molar-refractivity contribution >= 4 is 40.3 Å². The van der Waals surface area contributed by atoms with Crippen LogP contribution in [0.2, 0.25) is 0 Å². The predicted octanol–water partition coefficient (Wildman–Crippen LogP) is 3.31. The van der Waals surface area contributed by atoms with Crippen molar-refractivity contribution in [1.29, 1.82) is 0 Å². The molecular formula is C15H13IN2O3. The first-order chi connectivity index (χ1) is 10.1. The third-order valence-electron chi connectivity index (χ3n) is 2.75. The van der Waals surface area contributed by atoms with Crippen LogP contribution in [0.15, 0.2) is 48.5 Å². The van der Waals surface area contributed by atoms with Crippen molar-refractivity contribution in [2.45, 2.75) is 6.54 Å². The smallest absolute Gasteiger partial charge is 0.335 e. The summed E-state index contributed by atoms with van der Waals surface area (Å²) < 4.78 is 0.943. The van der Waals surface area contributed by atoms with E-state index in [2.05, 4.69) is 33.2 Å². The average molecular weight is 396 g/mol. The van der Waals surface area contributed by atoms with E-state index in [9.17, 15) is 9.59 Å². The molecule has 0 atom stereocenters. The van der Waals surface area contributed by atoms with Crippen molar-refractivity contribution < 1.29 is 14.7 Å². The number of carbonyl (C=O) groups is 2. The van der Waals surface area contributed by atoms with Gasteiger partial charge in [-0.15, -0.1) is 0 Å². The molecule has 2 aromatic carbocycles. The minimum absolute atomic E-state index is 0.201. The number of amides is 2. The molecule has 21 heavy (non-hydrogen) atoms. The van der Waals surface area contributed by atoms with E-state index in [1.165, 1.54) is 12.1 Å². The Balaban J connectivity index is 1.94. The first-order valence-electron chi connectivity index (χ1n) is 6.18. The van der Waals surface area contributed by atoms with Gasteiger partial charge in [0.05, 0.1) is 11.3 Å². The highest BCUT2D eigenvalue weighted by molar-refractivity contribution is 14.1. The molecule has 0 fully saturated rings. The molecule has 0 saturated heterocycles. The quantitative estimate of drug-likeness (QED) is 0.694. The molecule has 0 aliphatic carbocycles. The molecular weight excluding hydrogens is 383 g/mol. The summed E-state index contributed by atoms with van der Waals surface area (Å²) in [5.41, 5.74) is 1.66. The fourth-order valence-electron chi connectivity index (χ4n) is 1.73. The van der Waals surface area contributed by atoms with Crippen LogP contribution in [0.5, 0.6) is 0 Å². The van der Waals surface area contributed by atoms with Crippen LogP contribution in [-0.2, 0) is 6.54 Å². The Morgan fingerprint density at radius 2 is 1.86 bits per heavy atom. The number of rotatable bonds is 4. The van der Waals surface area contributed by atoms with E-state index in [0.29, 0.717) is 0 Å². The number of benzene rings is 2. The second-order valence-corrected chi connectivity index (χ2v) is 5.46. The normalized spacial score (nSPS) is 9.95. The van der Waals surface area contributed by atoms with Gasteiger partial charge in [-0.25, -0.2) is 9.59 Å². The number of anilines is 1. The monoisotopic (exact) mass is 396 g/mol. The number of hydrogen-bond acceptors (Lipinski definition) is 2. The second-order valence-electron chi connectivity index (χ2n) is 4.29. The van der Waals surface area contributed by atoms with Crippen LogP contribution in [0.4, 0.5) is 10.5 Å². The molecule has 5 nitrogen and oxygen atoms in total. The van der Waals surface area contributed by atoms with Crippen LogP contribution >= 0.6 is 22.6 Å². The van der Waals surface area contributed by atoms with E-state index >= 15 is 0 Å². The average Bonchev–Trinajstić information content (AvgIpc) is 2.48. The maximum absolute atomic E-state index is 11.8. The highest BCUT2D eigenvalue weighted by Crippen LogP contribution is 2.16. The van der Waals surface area contributed by atoms with Crippen molar-refractivity contribution in [3.8, 4) is 0 Å². The zero-order valence-electron chi connectivity index (χ0n) is 11.0. The Morgan fingerprint density at radius 1 is 1.10 bits per heavy atom. The largest absolute Gasteiger partial charge is 0.478 e. The Hall–Kier alpha value is -2.09. The van der Waals surface area contributed by atoms with Gasteiger partial charge >= 0.3 is 12.0 Å². The summed E-state index contributed by atoms with van der Waals surface area (Å²) >= 11 is 2.14. The highest BCUT2D eigenvalue weighted by Gasteiger charge is 2.06. The lowest BCUT2D eigenvalue weighted by Gasteiger charge is -2.09. The first-order valence-corrected chi connectivity index (χ1v) is 7.26. The van der Waals surface area contributed by atoms with Gasteiger partial charge in [0.1, 0.15) is 0 Å². The van der Waals surface area contributed by atoms with Gasteiger partial charge in [-0.2, -0.15) is 0 Å². The molecule has 0 aliphatic rings. The zero-order valence-corrected chi connectivity index (χ0v) is 13.1. The van der Waals surface area contributed by atoms with Crippen LogP contribution in [0.1, 0.15) is 15.9 Å². The fraction of sp³-hybridized carbons (Fsp3) is 0.0667. The van der Waals surface area contributed by atoms with Gasteiger partial charge in [-0.05, 0) is 52.4 Å². The van der Waals surface area contributed by atoms with Gasteiger partial charge in [0.2, 0.25) is 0 Å². The number of aromatic carboxylic acids is 1. The zero-order chi connectivity index (χ0) is 15.2. The van der Waals surface area contributed by atoms with Gasteiger partial charge in [0.25, 0.3) is 0 Å². The van der Waals surface area contributed by atoms with E-state index in [0.717, 1.165) is 14.8 Å². The Kier molecular flexibility index (Phi) is 5.15. The molecule has 0 unspecified atom stereocenters. The highest BCUT2D eigenvalue weighted by atomic mass is 127. The third kappa shape index (κ3) is 4.45. The van der Waals surface area contributed by atoms with E-state index in [1.807, 2.05) is 24.3 Å². The van der Waals surface area contributed by atoms with E-state index in [-0.39, 0.29) is 18.1 Å². The van der Waals surface area contributed by atoms with Crippen LogP contribution in [0, 0.1) is 3.57 Å². The minimum atomic E-state index is -0.986. The lowest BCUT2D eigenvalue weighted by atomic mass is 10.1. The van der Waals surface area contributed by atoms with Gasteiger partial charge in [0.15, 0.2) is 0 Å². The van der Waals surface area contributed by atoms with E-state index < -0.39 is 5.97 Å². The van der Waals surface area contributed by atoms with E-state index in [4.69, 9.17) is 5.11 Å². The molecule has 0 saturated carbocycles. The van der Waals surface area contributed by atoms with Crippen molar-refractivity contribution in [3.05, 3.63) is 63.2 Å². The summed E-state index contributed by atoms with van der Waals surface area (Å²) in [5, 5.41) is 14.3. The number of carbonyl (C=O) groups excluding carboxylic acids is 1. The minimum Gasteiger partial charge on any atom is -0.478 e. The van der Waals surface area contributed by atoms with Crippen LogP contribution in [0.3, 0.4) is 0 Å². The summed E-state index contributed by atoms with van der Waals surface area (Å²) in [7, 11) is 0. The summed E-state index contributed by atoms with van der Waals surface area (Å²) in [6.07, 6.45) is 0. The SMILES string of the molecule is O=C(NCc1cccc(C(=O)O)c1)Nc1ccccc1I. The van der Waals surface area contributed by atoms with Gasteiger partial charge < -0.3 is 15.7 Å². The molecule has 2 amide bonds. The number of urea groups is 1. The third-order valence-corrected chi connectivity index (χ3v) is 3.69. The number of halogens is 1. The fourth-order valence-corrected chi connectivity index (χ4v) is 2.25. The Morgan fingerprint density at radius 3 is 2.57 bits per heavy atom. The maximum atomic E-state index is 11.8. The number of carboxylic acid groups (broad SMARTS) is 1. The number of hydrogen-bond donors (Lipinski definition) is 3. The summed E-state index contributed by atoms with van der Waals surface area (Å²) in [5.74, 6) is -0.986. The van der Waals surface area contributed by atoms with Crippen LogP contribution < -0.4 is 10.6 Å². The summed E-state index contributed by atoms with van der Waals surface area (Å²) in [6.45, 7) is 0.260. The molecule has 108 valence electrons. The molecule has 0 aliphatic heterocycles. The first kappa shape index (κ1) is 15.3. The van der Waals surface area contributed by atoms with Gasteiger partial charge in [-0.1, -0.05) is 24.3 Å². The van der Waals surface area contributed by atoms with Crippen molar-refractivity contribution in [3.63, 3.8) is 0 Å². The number of nitrogens with one attached hydrogen (secondary N) is 2. The lowest BCUT2D eigenvalue weighted by molar-refractivity contribution is 0.0696. The molecule has 2 aromatic rings. The Bertz CT molecular complexity index is 673. The lowest BCUT2D eigenvalue weighted by Crippen LogP contribution is -2.28. The number of carboxylic acids is 1. The topological polar surface area (TPSA) is 78.4 Å². The predicted molar refractivity (Wildman–Crippen MR) is 88.4 cm³/mol. The van der Waals surface area contributed by atoms with E-state index in [1.54, 1.807) is 12.1 Å². The molecule has 0 heterocycles. The maximum Gasteiger partial charge on any atom is 0.335 e. The molecule has 6 heteroatoms. The molecule has 0 bridgehead atoms. The molecule has 0 aromatic heterocycles.